The molecule has 0 saturated heterocycles. The number of nitrogens with two attached hydrogens (primary N) is 1. The summed E-state index contributed by atoms with van der Waals surface area (Å²) in [5.74, 6) is 1.08. The monoisotopic (exact) mass is 393 g/mol. The van der Waals surface area contributed by atoms with E-state index in [0.717, 1.165) is 22.5 Å². The Kier molecular flexibility index (Phi) is 4.70. The first kappa shape index (κ1) is 18.0. The molecule has 0 bridgehead atoms. The lowest BCUT2D eigenvalue weighted by molar-refractivity contribution is 0.103. The van der Waals surface area contributed by atoms with E-state index >= 15 is 0 Å². The van der Waals surface area contributed by atoms with Gasteiger partial charge in [-0.15, -0.1) is 0 Å². The van der Waals surface area contributed by atoms with E-state index in [9.17, 15) is 4.79 Å². The third kappa shape index (κ3) is 3.29. The van der Waals surface area contributed by atoms with Crippen LogP contribution in [0, 0.1) is 0 Å². The molecule has 0 fully saturated rings. The van der Waals surface area contributed by atoms with Crippen molar-refractivity contribution in [3.05, 3.63) is 59.2 Å². The number of carbonyl (C=O) groups is 1. The molecule has 0 saturated carbocycles. The summed E-state index contributed by atoms with van der Waals surface area (Å²) in [4.78, 5) is 22.1. The van der Waals surface area contributed by atoms with Crippen LogP contribution in [0.1, 0.15) is 22.4 Å². The molecule has 0 atom stereocenters. The molecule has 28 heavy (non-hydrogen) atoms. The maximum Gasteiger partial charge on any atom is 0.242 e. The van der Waals surface area contributed by atoms with Crippen LogP contribution in [0.5, 0.6) is 5.75 Å². The van der Waals surface area contributed by atoms with Crippen LogP contribution in [0.4, 0.5) is 16.6 Å². The summed E-state index contributed by atoms with van der Waals surface area (Å²) in [5.41, 5.74) is 8.51. The number of nitrogens with zero attached hydrogens (tertiary/aromatic N) is 3. The lowest BCUT2D eigenvalue weighted by Crippen LogP contribution is -2.09. The van der Waals surface area contributed by atoms with Gasteiger partial charge in [-0.25, -0.2) is 9.97 Å². The second kappa shape index (κ2) is 7.32. The summed E-state index contributed by atoms with van der Waals surface area (Å²) in [6.07, 6.45) is 0. The van der Waals surface area contributed by atoms with Crippen LogP contribution in [-0.4, -0.2) is 26.9 Å². The highest BCUT2D eigenvalue weighted by Gasteiger charge is 2.23. The predicted molar refractivity (Wildman–Crippen MR) is 112 cm³/mol. The van der Waals surface area contributed by atoms with Gasteiger partial charge in [0, 0.05) is 12.7 Å². The fourth-order valence-electron chi connectivity index (χ4n) is 2.92. The van der Waals surface area contributed by atoms with Gasteiger partial charge in [-0.1, -0.05) is 23.5 Å². The van der Waals surface area contributed by atoms with Crippen LogP contribution >= 0.6 is 11.3 Å². The van der Waals surface area contributed by atoms with Gasteiger partial charge < -0.3 is 20.4 Å². The van der Waals surface area contributed by atoms with E-state index in [2.05, 4.69) is 15.3 Å². The molecule has 3 N–H and O–H groups in total. The van der Waals surface area contributed by atoms with Crippen molar-refractivity contribution in [2.45, 2.75) is 6.92 Å². The Balaban J connectivity index is 1.59. The maximum absolute atomic E-state index is 13.0. The molecule has 2 aromatic heterocycles. The summed E-state index contributed by atoms with van der Waals surface area (Å²) in [6, 6.07) is 15.1. The quantitative estimate of drug-likeness (QED) is 0.481. The van der Waals surface area contributed by atoms with Crippen molar-refractivity contribution in [3.63, 3.8) is 0 Å². The predicted octanol–water partition coefficient (Wildman–Crippen LogP) is 3.99. The van der Waals surface area contributed by atoms with Crippen molar-refractivity contribution >= 4 is 44.8 Å². The third-order valence-electron chi connectivity index (χ3n) is 4.27. The molecular weight excluding hydrogens is 374 g/mol. The van der Waals surface area contributed by atoms with Gasteiger partial charge in [-0.3, -0.25) is 4.79 Å². The summed E-state index contributed by atoms with van der Waals surface area (Å²) < 4.78 is 7.21. The Morgan fingerprint density at radius 1 is 1.18 bits per heavy atom. The molecular formula is C20H19N5O2S. The molecule has 0 amide bonds. The molecule has 2 heterocycles. The van der Waals surface area contributed by atoms with Crippen molar-refractivity contribution in [2.75, 3.05) is 17.7 Å². The number of aryl methyl sites for hydroxylation is 1. The molecule has 0 spiro atoms. The number of fused-ring (bicyclic) bond motifs is 1. The number of carbonyl (C=O) groups excluding carboxylic acids is 1. The van der Waals surface area contributed by atoms with Gasteiger partial charge in [0.15, 0.2) is 11.0 Å². The van der Waals surface area contributed by atoms with Crippen molar-refractivity contribution < 1.29 is 9.53 Å². The Hall–Kier alpha value is -3.39. The van der Waals surface area contributed by atoms with Crippen molar-refractivity contribution in [1.82, 2.24) is 14.5 Å². The number of ether oxygens (including phenoxy) is 1. The van der Waals surface area contributed by atoms with Gasteiger partial charge in [-0.2, -0.15) is 0 Å². The SMILES string of the molecule is CCOc1ccc(Nc2nc(N)c(C(=O)c3nc4ccccc4n3C)s2)cc1. The number of para-hydroxylation sites is 2. The Bertz CT molecular complexity index is 1150. The zero-order valence-corrected chi connectivity index (χ0v) is 16.3. The number of thiazole rings is 1. The zero-order chi connectivity index (χ0) is 19.7. The second-order valence-electron chi connectivity index (χ2n) is 6.13. The molecule has 0 unspecified atom stereocenters. The molecule has 142 valence electrons. The highest BCUT2D eigenvalue weighted by molar-refractivity contribution is 7.18. The van der Waals surface area contributed by atoms with Gasteiger partial charge >= 0.3 is 0 Å². The Morgan fingerprint density at radius 2 is 1.93 bits per heavy atom. The molecule has 8 heteroatoms. The number of aromatic nitrogens is 3. The number of hydrogen-bond acceptors (Lipinski definition) is 7. The number of benzene rings is 2. The first-order valence-corrected chi connectivity index (χ1v) is 9.61. The van der Waals surface area contributed by atoms with Crippen molar-refractivity contribution in [2.24, 2.45) is 7.05 Å². The standard InChI is InChI=1S/C20H19N5O2S/c1-3-27-13-10-8-12(9-11-13)22-20-24-18(21)17(28-20)16(26)19-23-14-6-4-5-7-15(14)25(19)2/h4-11H,3,21H2,1-2H3,(H,22,24). The topological polar surface area (TPSA) is 95.1 Å². The molecule has 2 aromatic carbocycles. The van der Waals surface area contributed by atoms with Crippen molar-refractivity contribution in [1.29, 1.82) is 0 Å². The summed E-state index contributed by atoms with van der Waals surface area (Å²) in [7, 11) is 1.82. The highest BCUT2D eigenvalue weighted by atomic mass is 32.1. The first-order chi connectivity index (χ1) is 13.6. The van der Waals surface area contributed by atoms with Gasteiger partial charge in [0.25, 0.3) is 0 Å². The van der Waals surface area contributed by atoms with Gasteiger partial charge in [0.05, 0.1) is 17.6 Å². The summed E-state index contributed by atoms with van der Waals surface area (Å²) in [6.45, 7) is 2.55. The fourth-order valence-corrected chi connectivity index (χ4v) is 3.76. The van der Waals surface area contributed by atoms with Crippen LogP contribution in [0.3, 0.4) is 0 Å². The number of nitrogen functional groups attached to an aromatic ring is 1. The van der Waals surface area contributed by atoms with Gasteiger partial charge in [0.2, 0.25) is 5.78 Å². The van der Waals surface area contributed by atoms with Crippen LogP contribution in [-0.2, 0) is 7.05 Å². The number of hydrogen-bond donors (Lipinski definition) is 2. The highest BCUT2D eigenvalue weighted by Crippen LogP contribution is 2.30. The first-order valence-electron chi connectivity index (χ1n) is 8.79. The van der Waals surface area contributed by atoms with E-state index in [-0.39, 0.29) is 11.6 Å². The van der Waals surface area contributed by atoms with Crippen LogP contribution in [0.25, 0.3) is 11.0 Å². The Morgan fingerprint density at radius 3 is 2.64 bits per heavy atom. The maximum atomic E-state index is 13.0. The number of rotatable bonds is 6. The van der Waals surface area contributed by atoms with Crippen LogP contribution in [0.15, 0.2) is 48.5 Å². The summed E-state index contributed by atoms with van der Waals surface area (Å²) in [5, 5.41) is 3.72. The number of imidazole rings is 1. The average molecular weight is 393 g/mol. The smallest absolute Gasteiger partial charge is 0.242 e. The normalized spacial score (nSPS) is 10.9. The Labute approximate surface area is 165 Å². The minimum absolute atomic E-state index is 0.190. The molecule has 4 rings (SSSR count). The van der Waals surface area contributed by atoms with Crippen LogP contribution < -0.4 is 15.8 Å². The van der Waals surface area contributed by atoms with E-state index in [0.29, 0.717) is 22.4 Å². The lowest BCUT2D eigenvalue weighted by Gasteiger charge is -2.05. The van der Waals surface area contributed by atoms with Gasteiger partial charge in [-0.05, 0) is 43.3 Å². The molecule has 0 aliphatic carbocycles. The van der Waals surface area contributed by atoms with Gasteiger partial charge in [0.1, 0.15) is 16.4 Å². The lowest BCUT2D eigenvalue weighted by atomic mass is 10.3. The molecule has 0 radical (unpaired) electrons. The number of anilines is 3. The average Bonchev–Trinajstić information content (AvgIpc) is 3.23. The van der Waals surface area contributed by atoms with E-state index in [1.807, 2.05) is 62.5 Å². The largest absolute Gasteiger partial charge is 0.494 e. The molecule has 0 aliphatic rings. The fraction of sp³-hybridized carbons (Fsp3) is 0.150. The van der Waals surface area contributed by atoms with E-state index in [1.54, 1.807) is 4.57 Å². The summed E-state index contributed by atoms with van der Waals surface area (Å²) >= 11 is 1.21. The van der Waals surface area contributed by atoms with Crippen molar-refractivity contribution in [3.8, 4) is 5.75 Å². The number of nitrogens with one attached hydrogen (secondary N) is 1. The van der Waals surface area contributed by atoms with E-state index in [1.165, 1.54) is 11.3 Å². The minimum atomic E-state index is -0.242. The second-order valence-corrected chi connectivity index (χ2v) is 7.13. The van der Waals surface area contributed by atoms with Crippen LogP contribution in [0.2, 0.25) is 0 Å². The minimum Gasteiger partial charge on any atom is -0.494 e. The molecule has 0 aliphatic heterocycles. The molecule has 4 aromatic rings. The number of ketones is 1. The molecule has 7 nitrogen and oxygen atoms in total. The zero-order valence-electron chi connectivity index (χ0n) is 15.5. The van der Waals surface area contributed by atoms with E-state index in [4.69, 9.17) is 10.5 Å². The third-order valence-corrected chi connectivity index (χ3v) is 5.25. The van der Waals surface area contributed by atoms with E-state index < -0.39 is 0 Å².